The highest BCUT2D eigenvalue weighted by atomic mass is 35.5. The Bertz CT molecular complexity index is 1360. The number of nitrogens with two attached hydrogens (primary N) is 1. The van der Waals surface area contributed by atoms with Crippen LogP contribution in [0.25, 0.3) is 16.9 Å². The number of aromatic nitrogens is 3. The third-order valence-electron chi connectivity index (χ3n) is 4.88. The van der Waals surface area contributed by atoms with Crippen molar-refractivity contribution in [2.24, 2.45) is 5.73 Å². The normalized spacial score (nSPS) is 10.9. The SMILES string of the molecule is NC(=O)c1cc(NC(=O)c2cc(-c3cccc(CC(F)F)n3)ccc2Cl)n(-c2ccccc2)n1. The molecule has 0 radical (unpaired) electrons. The van der Waals surface area contributed by atoms with Crippen LogP contribution in [0.2, 0.25) is 5.02 Å². The summed E-state index contributed by atoms with van der Waals surface area (Å²) in [6.07, 6.45) is -2.99. The average molecular weight is 482 g/mol. The molecule has 2 amide bonds. The minimum Gasteiger partial charge on any atom is -0.364 e. The lowest BCUT2D eigenvalue weighted by Crippen LogP contribution is -2.16. The lowest BCUT2D eigenvalue weighted by atomic mass is 10.1. The van der Waals surface area contributed by atoms with Crippen LogP contribution in [0.1, 0.15) is 26.5 Å². The Morgan fingerprint density at radius 3 is 2.50 bits per heavy atom. The molecule has 0 unspecified atom stereocenters. The fourth-order valence-electron chi connectivity index (χ4n) is 3.31. The molecule has 2 aromatic heterocycles. The molecule has 34 heavy (non-hydrogen) atoms. The summed E-state index contributed by atoms with van der Waals surface area (Å²) < 4.78 is 26.9. The van der Waals surface area contributed by atoms with E-state index in [9.17, 15) is 18.4 Å². The van der Waals surface area contributed by atoms with E-state index >= 15 is 0 Å². The highest BCUT2D eigenvalue weighted by Gasteiger charge is 2.19. The maximum atomic E-state index is 13.1. The van der Waals surface area contributed by atoms with E-state index < -0.39 is 24.7 Å². The van der Waals surface area contributed by atoms with Gasteiger partial charge in [-0.3, -0.25) is 14.6 Å². The van der Waals surface area contributed by atoms with Crippen LogP contribution in [-0.2, 0) is 6.42 Å². The van der Waals surface area contributed by atoms with Gasteiger partial charge in [-0.05, 0) is 36.4 Å². The number of hydrogen-bond donors (Lipinski definition) is 2. The van der Waals surface area contributed by atoms with Crippen LogP contribution in [0.3, 0.4) is 0 Å². The molecular formula is C24H18ClF2N5O2. The highest BCUT2D eigenvalue weighted by Crippen LogP contribution is 2.26. The van der Waals surface area contributed by atoms with Crippen LogP contribution in [0.15, 0.2) is 72.8 Å². The summed E-state index contributed by atoms with van der Waals surface area (Å²) in [6.45, 7) is 0. The van der Waals surface area contributed by atoms with Crippen LogP contribution in [-0.4, -0.2) is 33.0 Å². The van der Waals surface area contributed by atoms with Gasteiger partial charge < -0.3 is 11.1 Å². The second kappa shape index (κ2) is 9.80. The van der Waals surface area contributed by atoms with Gasteiger partial charge in [0.1, 0.15) is 5.82 Å². The standard InChI is InChI=1S/C24H18ClF2N5O2/c25-18-10-9-14(19-8-4-5-15(29-19)12-21(26)27)11-17(18)24(34)30-22-13-20(23(28)33)31-32(22)16-6-2-1-3-7-16/h1-11,13,21H,12H2,(H2,28,33)(H,30,34). The molecule has 0 saturated heterocycles. The molecule has 4 aromatic rings. The van der Waals surface area contributed by atoms with Gasteiger partial charge in [0.15, 0.2) is 5.69 Å². The number of nitrogens with one attached hydrogen (secondary N) is 1. The zero-order valence-electron chi connectivity index (χ0n) is 17.6. The van der Waals surface area contributed by atoms with Crippen LogP contribution < -0.4 is 11.1 Å². The summed E-state index contributed by atoms with van der Waals surface area (Å²) in [7, 11) is 0. The summed E-state index contributed by atoms with van der Waals surface area (Å²) in [6, 6.07) is 19.7. The van der Waals surface area contributed by atoms with Crippen LogP contribution >= 0.6 is 11.6 Å². The van der Waals surface area contributed by atoms with Crippen molar-refractivity contribution in [2.45, 2.75) is 12.8 Å². The number of benzene rings is 2. The van der Waals surface area contributed by atoms with Crippen LogP contribution in [0, 0.1) is 0 Å². The summed E-state index contributed by atoms with van der Waals surface area (Å²) in [5, 5.41) is 7.05. The first-order chi connectivity index (χ1) is 16.3. The molecule has 7 nitrogen and oxygen atoms in total. The number of nitrogens with zero attached hydrogens (tertiary/aromatic N) is 3. The Morgan fingerprint density at radius 1 is 1.03 bits per heavy atom. The van der Waals surface area contributed by atoms with Crippen molar-refractivity contribution >= 4 is 29.2 Å². The number of pyridine rings is 1. The van der Waals surface area contributed by atoms with Gasteiger partial charge in [-0.15, -0.1) is 0 Å². The van der Waals surface area contributed by atoms with Crippen molar-refractivity contribution in [3.8, 4) is 16.9 Å². The Balaban J connectivity index is 1.67. The monoisotopic (exact) mass is 481 g/mol. The number of halogens is 3. The maximum Gasteiger partial charge on any atom is 0.269 e. The molecule has 0 spiro atoms. The molecule has 10 heteroatoms. The number of anilines is 1. The lowest BCUT2D eigenvalue weighted by Gasteiger charge is -2.11. The van der Waals surface area contributed by atoms with E-state index in [1.54, 1.807) is 42.5 Å². The molecular weight excluding hydrogens is 464 g/mol. The van der Waals surface area contributed by atoms with Gasteiger partial charge >= 0.3 is 0 Å². The Kier molecular flexibility index (Phi) is 6.65. The number of alkyl halides is 2. The molecule has 0 bridgehead atoms. The van der Waals surface area contributed by atoms with Crippen molar-refractivity contribution in [1.82, 2.24) is 14.8 Å². The van der Waals surface area contributed by atoms with Crippen molar-refractivity contribution in [2.75, 3.05) is 5.32 Å². The Hall–Kier alpha value is -4.11. The minimum atomic E-state index is -2.52. The van der Waals surface area contributed by atoms with E-state index in [1.165, 1.54) is 28.9 Å². The Labute approximate surface area is 198 Å². The molecule has 0 fully saturated rings. The fourth-order valence-corrected chi connectivity index (χ4v) is 3.51. The van der Waals surface area contributed by atoms with Gasteiger partial charge in [-0.1, -0.05) is 41.9 Å². The first-order valence-corrected chi connectivity index (χ1v) is 10.5. The van der Waals surface area contributed by atoms with Crippen LogP contribution in [0.5, 0.6) is 0 Å². The molecule has 0 aliphatic rings. The number of rotatable bonds is 7. The number of hydrogen-bond acceptors (Lipinski definition) is 4. The number of primary amides is 1. The topological polar surface area (TPSA) is 103 Å². The average Bonchev–Trinajstić information content (AvgIpc) is 3.24. The number of carbonyl (C=O) groups excluding carboxylic acids is 2. The quantitative estimate of drug-likeness (QED) is 0.397. The van der Waals surface area contributed by atoms with Gasteiger partial charge in [0.25, 0.3) is 11.8 Å². The second-order valence-electron chi connectivity index (χ2n) is 7.28. The molecule has 2 heterocycles. The minimum absolute atomic E-state index is 0.0287. The molecule has 0 aliphatic heterocycles. The van der Waals surface area contributed by atoms with E-state index in [0.717, 1.165) is 0 Å². The first-order valence-electron chi connectivity index (χ1n) is 10.1. The van der Waals surface area contributed by atoms with Gasteiger partial charge in [0.2, 0.25) is 6.43 Å². The largest absolute Gasteiger partial charge is 0.364 e. The second-order valence-corrected chi connectivity index (χ2v) is 7.69. The van der Waals surface area contributed by atoms with Crippen molar-refractivity contribution < 1.29 is 18.4 Å². The molecule has 0 saturated carbocycles. The number of amides is 2. The molecule has 2 aromatic carbocycles. The maximum absolute atomic E-state index is 13.1. The first kappa shape index (κ1) is 23.1. The van der Waals surface area contributed by atoms with Crippen molar-refractivity contribution in [3.05, 3.63) is 94.8 Å². The van der Waals surface area contributed by atoms with Gasteiger partial charge in [0.05, 0.1) is 28.4 Å². The van der Waals surface area contributed by atoms with E-state index in [2.05, 4.69) is 15.4 Å². The van der Waals surface area contributed by atoms with E-state index in [0.29, 0.717) is 16.9 Å². The van der Waals surface area contributed by atoms with Gasteiger partial charge in [-0.2, -0.15) is 5.10 Å². The summed E-state index contributed by atoms with van der Waals surface area (Å²) >= 11 is 6.28. The molecule has 0 atom stereocenters. The summed E-state index contributed by atoms with van der Waals surface area (Å²) in [5.41, 5.74) is 7.25. The zero-order valence-corrected chi connectivity index (χ0v) is 18.3. The predicted molar refractivity (Wildman–Crippen MR) is 124 cm³/mol. The van der Waals surface area contributed by atoms with Gasteiger partial charge in [-0.25, -0.2) is 13.5 Å². The molecule has 3 N–H and O–H groups in total. The molecule has 172 valence electrons. The predicted octanol–water partition coefficient (Wildman–Crippen LogP) is 4.75. The number of para-hydroxylation sites is 1. The van der Waals surface area contributed by atoms with E-state index in [-0.39, 0.29) is 27.8 Å². The third-order valence-corrected chi connectivity index (χ3v) is 5.21. The van der Waals surface area contributed by atoms with E-state index in [1.807, 2.05) is 6.07 Å². The summed E-state index contributed by atoms with van der Waals surface area (Å²) in [5.74, 6) is -1.10. The van der Waals surface area contributed by atoms with Crippen molar-refractivity contribution in [3.63, 3.8) is 0 Å². The molecule has 0 aliphatic carbocycles. The van der Waals surface area contributed by atoms with E-state index in [4.69, 9.17) is 17.3 Å². The highest BCUT2D eigenvalue weighted by molar-refractivity contribution is 6.34. The smallest absolute Gasteiger partial charge is 0.269 e. The Morgan fingerprint density at radius 2 is 1.79 bits per heavy atom. The lowest BCUT2D eigenvalue weighted by molar-refractivity contribution is 0.0992. The number of carbonyl (C=O) groups is 2. The fraction of sp³-hybridized carbons (Fsp3) is 0.0833. The third kappa shape index (κ3) is 5.10. The van der Waals surface area contributed by atoms with Crippen molar-refractivity contribution in [1.29, 1.82) is 0 Å². The summed E-state index contributed by atoms with van der Waals surface area (Å²) in [4.78, 5) is 29.0. The zero-order chi connectivity index (χ0) is 24.2. The molecule has 4 rings (SSSR count). The van der Waals surface area contributed by atoms with Gasteiger partial charge in [0, 0.05) is 17.3 Å². The van der Waals surface area contributed by atoms with Crippen LogP contribution in [0.4, 0.5) is 14.6 Å².